The van der Waals surface area contributed by atoms with Crippen LogP contribution in [0.2, 0.25) is 0 Å². The predicted molar refractivity (Wildman–Crippen MR) is 91.5 cm³/mol. The molecule has 0 aliphatic carbocycles. The van der Waals surface area contributed by atoms with Crippen LogP contribution in [0.4, 0.5) is 0 Å². The van der Waals surface area contributed by atoms with Gasteiger partial charge < -0.3 is 14.8 Å². The van der Waals surface area contributed by atoms with E-state index in [0.717, 1.165) is 0 Å². The Morgan fingerprint density at radius 2 is 1.83 bits per heavy atom. The molecule has 7 nitrogen and oxygen atoms in total. The van der Waals surface area contributed by atoms with Crippen LogP contribution in [0.25, 0.3) is 0 Å². The van der Waals surface area contributed by atoms with Crippen molar-refractivity contribution in [2.75, 3.05) is 26.4 Å². The third kappa shape index (κ3) is 6.86. The van der Waals surface area contributed by atoms with Gasteiger partial charge in [0.15, 0.2) is 0 Å². The average Bonchev–Trinajstić information content (AvgIpc) is 2.55. The lowest BCUT2D eigenvalue weighted by atomic mass is 10.3. The highest BCUT2D eigenvalue weighted by molar-refractivity contribution is 7.89. The van der Waals surface area contributed by atoms with Gasteiger partial charge in [-0.1, -0.05) is 0 Å². The van der Waals surface area contributed by atoms with Crippen LogP contribution in [0.5, 0.6) is 5.75 Å². The Kier molecular flexibility index (Phi) is 8.73. The molecule has 1 rings (SSSR count). The molecule has 0 aliphatic heterocycles. The molecule has 0 aliphatic rings. The van der Waals surface area contributed by atoms with Gasteiger partial charge in [-0.2, -0.15) is 4.72 Å². The number of benzene rings is 1. The van der Waals surface area contributed by atoms with E-state index >= 15 is 0 Å². The van der Waals surface area contributed by atoms with Gasteiger partial charge in [-0.25, -0.2) is 8.42 Å². The van der Waals surface area contributed by atoms with Crippen molar-refractivity contribution in [3.05, 3.63) is 24.3 Å². The lowest BCUT2D eigenvalue weighted by Crippen LogP contribution is -2.45. The van der Waals surface area contributed by atoms with Crippen LogP contribution < -0.4 is 14.8 Å². The maximum Gasteiger partial charge on any atom is 0.241 e. The largest absolute Gasteiger partial charge is 0.494 e. The third-order valence-electron chi connectivity index (χ3n) is 3.14. The summed E-state index contributed by atoms with van der Waals surface area (Å²) in [5, 5.41) is 2.68. The highest BCUT2D eigenvalue weighted by Gasteiger charge is 2.21. The molecular weight excluding hydrogens is 332 g/mol. The standard InChI is InChI=1S/C16H26N2O5S/c1-4-22-12-6-11-17-16(19)13(3)18-24(20,21)15-9-7-14(8-10-15)23-5-2/h7-10,13,18H,4-6,11-12H2,1-3H3,(H,17,19)/t13-/m0/s1. The van der Waals surface area contributed by atoms with Gasteiger partial charge >= 0.3 is 0 Å². The van der Waals surface area contributed by atoms with Gasteiger partial charge in [0.2, 0.25) is 15.9 Å². The summed E-state index contributed by atoms with van der Waals surface area (Å²) in [7, 11) is -3.77. The van der Waals surface area contributed by atoms with Crippen LogP contribution in [-0.4, -0.2) is 46.7 Å². The smallest absolute Gasteiger partial charge is 0.241 e. The second kappa shape index (κ2) is 10.3. The van der Waals surface area contributed by atoms with Crippen LogP contribution in [0, 0.1) is 0 Å². The molecule has 0 unspecified atom stereocenters. The fourth-order valence-corrected chi connectivity index (χ4v) is 3.12. The van der Waals surface area contributed by atoms with Crippen molar-refractivity contribution in [2.24, 2.45) is 0 Å². The molecule has 0 spiro atoms. The van der Waals surface area contributed by atoms with Crippen molar-refractivity contribution in [3.63, 3.8) is 0 Å². The van der Waals surface area contributed by atoms with Gasteiger partial charge in [0.05, 0.1) is 17.5 Å². The number of nitrogens with one attached hydrogen (secondary N) is 2. The van der Waals surface area contributed by atoms with E-state index in [1.807, 2.05) is 13.8 Å². The van der Waals surface area contributed by atoms with Crippen molar-refractivity contribution >= 4 is 15.9 Å². The molecule has 136 valence electrons. The average molecular weight is 358 g/mol. The molecule has 0 radical (unpaired) electrons. The number of hydrogen-bond acceptors (Lipinski definition) is 5. The summed E-state index contributed by atoms with van der Waals surface area (Å²) in [6, 6.07) is 5.18. The van der Waals surface area contributed by atoms with Crippen molar-refractivity contribution in [3.8, 4) is 5.75 Å². The van der Waals surface area contributed by atoms with E-state index in [2.05, 4.69) is 10.0 Å². The van der Waals surface area contributed by atoms with Gasteiger partial charge in [0.25, 0.3) is 0 Å². The molecule has 1 atom stereocenters. The van der Waals surface area contributed by atoms with E-state index in [-0.39, 0.29) is 10.8 Å². The van der Waals surface area contributed by atoms with Gasteiger partial charge in [-0.05, 0) is 51.5 Å². The highest BCUT2D eigenvalue weighted by atomic mass is 32.2. The van der Waals surface area contributed by atoms with Crippen LogP contribution in [-0.2, 0) is 19.6 Å². The summed E-state index contributed by atoms with van der Waals surface area (Å²) < 4.78 is 37.4. The molecule has 0 aromatic heterocycles. The number of sulfonamides is 1. The monoisotopic (exact) mass is 358 g/mol. The molecule has 0 saturated heterocycles. The molecule has 1 aromatic rings. The summed E-state index contributed by atoms with van der Waals surface area (Å²) in [5.41, 5.74) is 0. The molecule has 2 N–H and O–H groups in total. The van der Waals surface area contributed by atoms with Crippen molar-refractivity contribution in [1.82, 2.24) is 10.0 Å². The summed E-state index contributed by atoms with van der Waals surface area (Å²) in [6.45, 7) is 7.38. The van der Waals surface area contributed by atoms with Crippen LogP contribution in [0.15, 0.2) is 29.2 Å². The van der Waals surface area contributed by atoms with Crippen LogP contribution in [0.3, 0.4) is 0 Å². The minimum absolute atomic E-state index is 0.0851. The van der Waals surface area contributed by atoms with E-state index in [9.17, 15) is 13.2 Å². The van der Waals surface area contributed by atoms with Crippen molar-refractivity contribution in [1.29, 1.82) is 0 Å². The first-order valence-electron chi connectivity index (χ1n) is 8.01. The number of amides is 1. The Labute approximate surface area is 143 Å². The predicted octanol–water partition coefficient (Wildman–Crippen LogP) is 1.29. The minimum Gasteiger partial charge on any atom is -0.494 e. The summed E-state index contributed by atoms with van der Waals surface area (Å²) in [5.74, 6) is 0.220. The van der Waals surface area contributed by atoms with E-state index in [4.69, 9.17) is 9.47 Å². The van der Waals surface area contributed by atoms with Crippen LogP contribution in [0.1, 0.15) is 27.2 Å². The van der Waals surface area contributed by atoms with E-state index in [0.29, 0.717) is 38.5 Å². The topological polar surface area (TPSA) is 93.7 Å². The molecule has 0 fully saturated rings. The van der Waals surface area contributed by atoms with Crippen molar-refractivity contribution < 1.29 is 22.7 Å². The van der Waals surface area contributed by atoms with Gasteiger partial charge in [-0.15, -0.1) is 0 Å². The van der Waals surface area contributed by atoms with Gasteiger partial charge in [0, 0.05) is 19.8 Å². The van der Waals surface area contributed by atoms with Crippen LogP contribution >= 0.6 is 0 Å². The zero-order valence-electron chi connectivity index (χ0n) is 14.4. The molecular formula is C16H26N2O5S. The fraction of sp³-hybridized carbons (Fsp3) is 0.562. The van der Waals surface area contributed by atoms with E-state index in [1.54, 1.807) is 12.1 Å². The van der Waals surface area contributed by atoms with E-state index in [1.165, 1.54) is 19.1 Å². The molecule has 8 heteroatoms. The summed E-state index contributed by atoms with van der Waals surface area (Å²) in [4.78, 5) is 12.0. The number of carbonyl (C=O) groups excluding carboxylic acids is 1. The molecule has 24 heavy (non-hydrogen) atoms. The molecule has 1 amide bonds. The highest BCUT2D eigenvalue weighted by Crippen LogP contribution is 2.16. The van der Waals surface area contributed by atoms with Gasteiger partial charge in [0.1, 0.15) is 5.75 Å². The zero-order valence-corrected chi connectivity index (χ0v) is 15.2. The zero-order chi connectivity index (χ0) is 18.0. The Bertz CT molecular complexity index is 601. The number of carbonyl (C=O) groups is 1. The molecule has 0 bridgehead atoms. The Balaban J connectivity index is 2.54. The third-order valence-corrected chi connectivity index (χ3v) is 4.70. The molecule has 0 heterocycles. The van der Waals surface area contributed by atoms with Crippen molar-refractivity contribution in [2.45, 2.75) is 38.1 Å². The van der Waals surface area contributed by atoms with E-state index < -0.39 is 16.1 Å². The number of ether oxygens (including phenoxy) is 2. The first-order chi connectivity index (χ1) is 11.4. The SMILES string of the molecule is CCOCCCNC(=O)[C@H](C)NS(=O)(=O)c1ccc(OCC)cc1. The lowest BCUT2D eigenvalue weighted by molar-refractivity contribution is -0.122. The molecule has 0 saturated carbocycles. The Morgan fingerprint density at radius 3 is 2.42 bits per heavy atom. The quantitative estimate of drug-likeness (QED) is 0.582. The number of rotatable bonds is 11. The fourth-order valence-electron chi connectivity index (χ4n) is 1.92. The van der Waals surface area contributed by atoms with Gasteiger partial charge in [-0.3, -0.25) is 4.79 Å². The maximum atomic E-state index is 12.3. The second-order valence-corrected chi connectivity index (χ2v) is 6.80. The maximum absolute atomic E-state index is 12.3. The number of hydrogen-bond donors (Lipinski definition) is 2. The summed E-state index contributed by atoms with van der Waals surface area (Å²) in [6.07, 6.45) is 0.679. The summed E-state index contributed by atoms with van der Waals surface area (Å²) >= 11 is 0. The second-order valence-electron chi connectivity index (χ2n) is 5.09. The minimum atomic E-state index is -3.77. The Hall–Kier alpha value is -1.64. The first-order valence-corrected chi connectivity index (χ1v) is 9.49. The lowest BCUT2D eigenvalue weighted by Gasteiger charge is -2.14. The Morgan fingerprint density at radius 1 is 1.17 bits per heavy atom. The molecule has 1 aromatic carbocycles. The first kappa shape index (κ1) is 20.4. The normalized spacial score (nSPS) is 12.6.